The van der Waals surface area contributed by atoms with Crippen molar-refractivity contribution in [1.82, 2.24) is 0 Å². The van der Waals surface area contributed by atoms with Crippen molar-refractivity contribution < 1.29 is 15.0 Å². The fourth-order valence-electron chi connectivity index (χ4n) is 2.03. The van der Waals surface area contributed by atoms with E-state index in [2.05, 4.69) is 0 Å². The molecule has 0 saturated carbocycles. The number of aryl methyl sites for hydroxylation is 2. The van der Waals surface area contributed by atoms with Crippen molar-refractivity contribution in [3.63, 3.8) is 0 Å². The molecule has 0 aromatic heterocycles. The summed E-state index contributed by atoms with van der Waals surface area (Å²) in [5, 5.41) is 18.6. The lowest BCUT2D eigenvalue weighted by atomic mass is 9.97. The zero-order chi connectivity index (χ0) is 13.3. The van der Waals surface area contributed by atoms with Gasteiger partial charge in [-0.05, 0) is 48.7 Å². The van der Waals surface area contributed by atoms with Gasteiger partial charge in [0.15, 0.2) is 0 Å². The summed E-state index contributed by atoms with van der Waals surface area (Å²) in [7, 11) is 0. The summed E-state index contributed by atoms with van der Waals surface area (Å²) in [6.07, 6.45) is 0. The van der Waals surface area contributed by atoms with Crippen LogP contribution in [0.25, 0.3) is 11.1 Å². The topological polar surface area (TPSA) is 57.5 Å². The minimum Gasteiger partial charge on any atom is -0.508 e. The van der Waals surface area contributed by atoms with Crippen LogP contribution >= 0.6 is 0 Å². The molecule has 0 spiro atoms. The van der Waals surface area contributed by atoms with Crippen LogP contribution in [0.15, 0.2) is 36.4 Å². The van der Waals surface area contributed by atoms with E-state index >= 15 is 0 Å². The monoisotopic (exact) mass is 242 g/mol. The van der Waals surface area contributed by atoms with Crippen LogP contribution in [-0.4, -0.2) is 16.2 Å². The van der Waals surface area contributed by atoms with Crippen molar-refractivity contribution >= 4 is 5.97 Å². The highest BCUT2D eigenvalue weighted by Gasteiger charge is 2.09. The second kappa shape index (κ2) is 4.53. The van der Waals surface area contributed by atoms with Gasteiger partial charge in [-0.2, -0.15) is 0 Å². The van der Waals surface area contributed by atoms with Gasteiger partial charge in [0, 0.05) is 0 Å². The lowest BCUT2D eigenvalue weighted by molar-refractivity contribution is 0.0696. The summed E-state index contributed by atoms with van der Waals surface area (Å²) in [6, 6.07) is 10.3. The van der Waals surface area contributed by atoms with Crippen molar-refractivity contribution in [3.05, 3.63) is 53.1 Å². The van der Waals surface area contributed by atoms with E-state index in [1.54, 1.807) is 12.1 Å². The molecule has 0 atom stereocenters. The van der Waals surface area contributed by atoms with Crippen LogP contribution in [-0.2, 0) is 0 Å². The molecule has 92 valence electrons. The number of carbonyl (C=O) groups is 1. The van der Waals surface area contributed by atoms with Crippen LogP contribution in [0, 0.1) is 13.8 Å². The van der Waals surface area contributed by atoms with Gasteiger partial charge in [-0.3, -0.25) is 0 Å². The molecule has 18 heavy (non-hydrogen) atoms. The fourth-order valence-corrected chi connectivity index (χ4v) is 2.03. The molecule has 0 heterocycles. The van der Waals surface area contributed by atoms with Crippen molar-refractivity contribution in [2.45, 2.75) is 13.8 Å². The molecule has 2 N–H and O–H groups in total. The summed E-state index contributed by atoms with van der Waals surface area (Å²) >= 11 is 0. The number of aromatic carboxylic acids is 1. The number of hydrogen-bond acceptors (Lipinski definition) is 2. The van der Waals surface area contributed by atoms with Crippen LogP contribution in [0.4, 0.5) is 0 Å². The van der Waals surface area contributed by atoms with Gasteiger partial charge in [0.1, 0.15) is 5.75 Å². The number of aromatic hydroxyl groups is 1. The first-order valence-electron chi connectivity index (χ1n) is 5.62. The third kappa shape index (κ3) is 2.35. The minimum absolute atomic E-state index is 0.0372. The second-order valence-corrected chi connectivity index (χ2v) is 4.39. The Bertz CT molecular complexity index is 615. The van der Waals surface area contributed by atoms with Gasteiger partial charge in [-0.1, -0.05) is 23.8 Å². The Morgan fingerprint density at radius 2 is 1.78 bits per heavy atom. The second-order valence-electron chi connectivity index (χ2n) is 4.39. The Kier molecular flexibility index (Phi) is 3.06. The minimum atomic E-state index is -1.04. The normalized spacial score (nSPS) is 10.3. The lowest BCUT2D eigenvalue weighted by Gasteiger charge is -2.09. The molecular formula is C15H14O3. The molecule has 0 saturated heterocycles. The quantitative estimate of drug-likeness (QED) is 0.848. The summed E-state index contributed by atoms with van der Waals surface area (Å²) < 4.78 is 0. The van der Waals surface area contributed by atoms with Crippen molar-refractivity contribution in [2.75, 3.05) is 0 Å². The predicted molar refractivity (Wildman–Crippen MR) is 70.0 cm³/mol. The number of rotatable bonds is 2. The first-order chi connectivity index (χ1) is 8.47. The van der Waals surface area contributed by atoms with Gasteiger partial charge in [0.25, 0.3) is 0 Å². The van der Waals surface area contributed by atoms with E-state index in [4.69, 9.17) is 5.11 Å². The largest absolute Gasteiger partial charge is 0.508 e. The van der Waals surface area contributed by atoms with E-state index in [0.717, 1.165) is 16.7 Å². The molecule has 2 aromatic carbocycles. The summed E-state index contributed by atoms with van der Waals surface area (Å²) in [4.78, 5) is 11.0. The van der Waals surface area contributed by atoms with E-state index in [1.807, 2.05) is 32.0 Å². The van der Waals surface area contributed by atoms with E-state index in [9.17, 15) is 9.90 Å². The molecule has 3 heteroatoms. The Hall–Kier alpha value is -2.29. The standard InChI is InChI=1S/C15H14O3/c1-9-3-4-14(10(2)5-9)11-6-12(15(17)18)8-13(16)7-11/h3-8,16H,1-2H3,(H,17,18). The summed E-state index contributed by atoms with van der Waals surface area (Å²) in [6.45, 7) is 3.97. The fraction of sp³-hybridized carbons (Fsp3) is 0.133. The zero-order valence-electron chi connectivity index (χ0n) is 10.3. The predicted octanol–water partition coefficient (Wildman–Crippen LogP) is 3.37. The Morgan fingerprint density at radius 1 is 1.06 bits per heavy atom. The number of hydrogen-bond donors (Lipinski definition) is 2. The third-order valence-corrected chi connectivity index (χ3v) is 2.86. The molecule has 0 bridgehead atoms. The van der Waals surface area contributed by atoms with Crippen molar-refractivity contribution in [3.8, 4) is 16.9 Å². The molecule has 0 unspecified atom stereocenters. The van der Waals surface area contributed by atoms with Crippen LogP contribution in [0.1, 0.15) is 21.5 Å². The molecule has 3 nitrogen and oxygen atoms in total. The lowest BCUT2D eigenvalue weighted by Crippen LogP contribution is -1.96. The van der Waals surface area contributed by atoms with E-state index in [-0.39, 0.29) is 11.3 Å². The number of phenolic OH excluding ortho intramolecular Hbond substituents is 1. The molecule has 0 aliphatic carbocycles. The first kappa shape index (κ1) is 12.2. The molecule has 2 rings (SSSR count). The molecule has 0 amide bonds. The Labute approximate surface area is 105 Å². The zero-order valence-corrected chi connectivity index (χ0v) is 10.3. The molecule has 0 aliphatic rings. The highest BCUT2D eigenvalue weighted by molar-refractivity contribution is 5.90. The maximum atomic E-state index is 11.0. The number of benzene rings is 2. The van der Waals surface area contributed by atoms with Gasteiger partial charge >= 0.3 is 5.97 Å². The van der Waals surface area contributed by atoms with Gasteiger partial charge < -0.3 is 10.2 Å². The molecule has 0 fully saturated rings. The number of phenols is 1. The highest BCUT2D eigenvalue weighted by atomic mass is 16.4. The van der Waals surface area contributed by atoms with Crippen LogP contribution < -0.4 is 0 Å². The third-order valence-electron chi connectivity index (χ3n) is 2.86. The average molecular weight is 242 g/mol. The SMILES string of the molecule is Cc1ccc(-c2cc(O)cc(C(=O)O)c2)c(C)c1. The van der Waals surface area contributed by atoms with Gasteiger partial charge in [0.2, 0.25) is 0 Å². The van der Waals surface area contributed by atoms with Crippen LogP contribution in [0.2, 0.25) is 0 Å². The number of carboxylic acid groups (broad SMARTS) is 1. The van der Waals surface area contributed by atoms with E-state index < -0.39 is 5.97 Å². The van der Waals surface area contributed by atoms with Gasteiger partial charge in [-0.25, -0.2) is 4.79 Å². The maximum absolute atomic E-state index is 11.0. The Morgan fingerprint density at radius 3 is 2.39 bits per heavy atom. The van der Waals surface area contributed by atoms with Crippen molar-refractivity contribution in [2.24, 2.45) is 0 Å². The first-order valence-corrected chi connectivity index (χ1v) is 5.62. The Balaban J connectivity index is 2.60. The molecule has 0 radical (unpaired) electrons. The highest BCUT2D eigenvalue weighted by Crippen LogP contribution is 2.28. The van der Waals surface area contributed by atoms with Gasteiger partial charge in [-0.15, -0.1) is 0 Å². The molecular weight excluding hydrogens is 228 g/mol. The molecule has 2 aromatic rings. The van der Waals surface area contributed by atoms with E-state index in [0.29, 0.717) is 5.56 Å². The van der Waals surface area contributed by atoms with Crippen LogP contribution in [0.3, 0.4) is 0 Å². The summed E-state index contributed by atoms with van der Waals surface area (Å²) in [5.74, 6) is -1.08. The van der Waals surface area contributed by atoms with E-state index in [1.165, 1.54) is 6.07 Å². The maximum Gasteiger partial charge on any atom is 0.335 e. The smallest absolute Gasteiger partial charge is 0.335 e. The number of carboxylic acids is 1. The van der Waals surface area contributed by atoms with Crippen LogP contribution in [0.5, 0.6) is 5.75 Å². The van der Waals surface area contributed by atoms with Crippen molar-refractivity contribution in [1.29, 1.82) is 0 Å². The summed E-state index contributed by atoms with van der Waals surface area (Å²) in [5.41, 5.74) is 3.93. The van der Waals surface area contributed by atoms with Gasteiger partial charge in [0.05, 0.1) is 5.56 Å². The average Bonchev–Trinajstić information content (AvgIpc) is 2.27. The molecule has 0 aliphatic heterocycles.